The normalized spacial score (nSPS) is 29.4. The van der Waals surface area contributed by atoms with Crippen molar-refractivity contribution >= 4 is 0 Å². The molecular formula is C13H25NO2. The minimum atomic E-state index is 0.0501. The molecule has 0 saturated carbocycles. The molecule has 3 heteroatoms. The summed E-state index contributed by atoms with van der Waals surface area (Å²) in [7, 11) is 0. The van der Waals surface area contributed by atoms with Crippen molar-refractivity contribution in [1.29, 1.82) is 0 Å². The third kappa shape index (κ3) is 2.76. The molecular weight excluding hydrogens is 202 g/mol. The van der Waals surface area contributed by atoms with Crippen molar-refractivity contribution in [2.75, 3.05) is 39.5 Å². The number of hydrogen-bond acceptors (Lipinski definition) is 3. The molecule has 0 aliphatic carbocycles. The number of aliphatic hydroxyl groups excluding tert-OH is 1. The summed E-state index contributed by atoms with van der Waals surface area (Å²) in [6.07, 6.45) is 3.89. The highest BCUT2D eigenvalue weighted by Gasteiger charge is 2.40. The van der Waals surface area contributed by atoms with Gasteiger partial charge in [-0.25, -0.2) is 0 Å². The van der Waals surface area contributed by atoms with E-state index >= 15 is 0 Å². The Bertz CT molecular complexity index is 231. The van der Waals surface area contributed by atoms with Gasteiger partial charge in [-0.1, -0.05) is 13.8 Å². The quantitative estimate of drug-likeness (QED) is 0.793. The number of rotatable bonds is 3. The van der Waals surface area contributed by atoms with E-state index in [1.807, 2.05) is 0 Å². The molecule has 2 heterocycles. The van der Waals surface area contributed by atoms with Crippen LogP contribution in [0.2, 0.25) is 0 Å². The number of aliphatic hydroxyl groups is 1. The van der Waals surface area contributed by atoms with Gasteiger partial charge in [0.2, 0.25) is 0 Å². The van der Waals surface area contributed by atoms with E-state index in [9.17, 15) is 5.11 Å². The summed E-state index contributed by atoms with van der Waals surface area (Å²) >= 11 is 0. The molecule has 2 aliphatic rings. The van der Waals surface area contributed by atoms with Gasteiger partial charge in [0.05, 0.1) is 25.2 Å². The monoisotopic (exact) mass is 227 g/mol. The lowest BCUT2D eigenvalue weighted by Crippen LogP contribution is -2.53. The standard InChI is InChI=1S/C13H25NO2/c1-12(2)4-3-6-14(7-5-12)8-13(9-15)10-16-11-13/h15H,3-11H2,1-2H3. The molecule has 1 N–H and O–H groups in total. The third-order valence-corrected chi connectivity index (χ3v) is 4.14. The van der Waals surface area contributed by atoms with E-state index in [2.05, 4.69) is 18.7 Å². The van der Waals surface area contributed by atoms with Crippen LogP contribution in [0.3, 0.4) is 0 Å². The summed E-state index contributed by atoms with van der Waals surface area (Å²) in [5, 5.41) is 9.43. The molecule has 94 valence electrons. The first kappa shape index (κ1) is 12.3. The Morgan fingerprint density at radius 3 is 2.50 bits per heavy atom. The van der Waals surface area contributed by atoms with Crippen LogP contribution in [0.4, 0.5) is 0 Å². The summed E-state index contributed by atoms with van der Waals surface area (Å²) in [6, 6.07) is 0. The lowest BCUT2D eigenvalue weighted by atomic mass is 9.85. The maximum atomic E-state index is 9.43. The zero-order valence-corrected chi connectivity index (χ0v) is 10.7. The average Bonchev–Trinajstić information content (AvgIpc) is 2.34. The Hall–Kier alpha value is -0.120. The van der Waals surface area contributed by atoms with E-state index in [0.717, 1.165) is 19.8 Å². The molecule has 0 aromatic heterocycles. The first-order valence-electron chi connectivity index (χ1n) is 6.46. The van der Waals surface area contributed by atoms with Crippen LogP contribution in [-0.2, 0) is 4.74 Å². The predicted octanol–water partition coefficient (Wildman–Crippen LogP) is 1.51. The topological polar surface area (TPSA) is 32.7 Å². The van der Waals surface area contributed by atoms with E-state index < -0.39 is 0 Å². The molecule has 16 heavy (non-hydrogen) atoms. The largest absolute Gasteiger partial charge is 0.396 e. The van der Waals surface area contributed by atoms with Crippen LogP contribution < -0.4 is 0 Å². The summed E-state index contributed by atoms with van der Waals surface area (Å²) in [5.74, 6) is 0. The Balaban J connectivity index is 1.86. The fourth-order valence-electron chi connectivity index (χ4n) is 2.73. The van der Waals surface area contributed by atoms with Gasteiger partial charge in [0, 0.05) is 6.54 Å². The fraction of sp³-hybridized carbons (Fsp3) is 1.00. The molecule has 0 unspecified atom stereocenters. The molecule has 3 nitrogen and oxygen atoms in total. The summed E-state index contributed by atoms with van der Waals surface area (Å²) < 4.78 is 5.26. The van der Waals surface area contributed by atoms with Gasteiger partial charge in [-0.2, -0.15) is 0 Å². The van der Waals surface area contributed by atoms with E-state index in [1.54, 1.807) is 0 Å². The summed E-state index contributed by atoms with van der Waals surface area (Å²) in [5.41, 5.74) is 0.547. The van der Waals surface area contributed by atoms with Gasteiger partial charge >= 0.3 is 0 Å². The highest BCUT2D eigenvalue weighted by Crippen LogP contribution is 2.33. The van der Waals surface area contributed by atoms with Crippen molar-refractivity contribution in [2.45, 2.75) is 33.1 Å². The van der Waals surface area contributed by atoms with Crippen LogP contribution in [0.5, 0.6) is 0 Å². The third-order valence-electron chi connectivity index (χ3n) is 4.14. The van der Waals surface area contributed by atoms with Crippen molar-refractivity contribution < 1.29 is 9.84 Å². The molecule has 0 aromatic rings. The zero-order valence-electron chi connectivity index (χ0n) is 10.7. The van der Waals surface area contributed by atoms with Crippen LogP contribution in [-0.4, -0.2) is 49.5 Å². The summed E-state index contributed by atoms with van der Waals surface area (Å²) in [4.78, 5) is 2.52. The molecule has 0 amide bonds. The second-order valence-electron chi connectivity index (χ2n) is 6.44. The maximum absolute atomic E-state index is 9.43. The van der Waals surface area contributed by atoms with Gasteiger partial charge in [0.25, 0.3) is 0 Å². The van der Waals surface area contributed by atoms with Crippen molar-refractivity contribution in [3.63, 3.8) is 0 Å². The van der Waals surface area contributed by atoms with Crippen molar-refractivity contribution in [2.24, 2.45) is 10.8 Å². The van der Waals surface area contributed by atoms with Crippen LogP contribution in [0.15, 0.2) is 0 Å². The van der Waals surface area contributed by atoms with Crippen molar-refractivity contribution in [3.8, 4) is 0 Å². The minimum Gasteiger partial charge on any atom is -0.396 e. The highest BCUT2D eigenvalue weighted by molar-refractivity contribution is 4.89. The molecule has 2 fully saturated rings. The van der Waals surface area contributed by atoms with Gasteiger partial charge in [-0.15, -0.1) is 0 Å². The lowest BCUT2D eigenvalue weighted by molar-refractivity contribution is -0.148. The number of likely N-dealkylation sites (tertiary alicyclic amines) is 1. The molecule has 0 radical (unpaired) electrons. The minimum absolute atomic E-state index is 0.0501. The molecule has 0 aromatic carbocycles. The molecule has 2 rings (SSSR count). The molecule has 0 atom stereocenters. The average molecular weight is 227 g/mol. The van der Waals surface area contributed by atoms with Crippen LogP contribution in [0, 0.1) is 10.8 Å². The highest BCUT2D eigenvalue weighted by atomic mass is 16.5. The SMILES string of the molecule is CC1(C)CCCN(CC2(CO)COC2)CC1. The number of ether oxygens (including phenoxy) is 1. The van der Waals surface area contributed by atoms with Crippen LogP contribution >= 0.6 is 0 Å². The molecule has 2 aliphatic heterocycles. The van der Waals surface area contributed by atoms with E-state index in [4.69, 9.17) is 4.74 Å². The maximum Gasteiger partial charge on any atom is 0.0579 e. The summed E-state index contributed by atoms with van der Waals surface area (Å²) in [6.45, 7) is 9.86. The van der Waals surface area contributed by atoms with Gasteiger partial charge in [-0.3, -0.25) is 0 Å². The zero-order chi connectivity index (χ0) is 11.6. The second kappa shape index (κ2) is 4.63. The van der Waals surface area contributed by atoms with Crippen molar-refractivity contribution in [3.05, 3.63) is 0 Å². The van der Waals surface area contributed by atoms with Crippen molar-refractivity contribution in [1.82, 2.24) is 4.90 Å². The van der Waals surface area contributed by atoms with Gasteiger partial charge < -0.3 is 14.7 Å². The smallest absolute Gasteiger partial charge is 0.0579 e. The number of hydrogen-bond donors (Lipinski definition) is 1. The van der Waals surface area contributed by atoms with Gasteiger partial charge in [0.15, 0.2) is 0 Å². The second-order valence-corrected chi connectivity index (χ2v) is 6.44. The van der Waals surface area contributed by atoms with Crippen LogP contribution in [0.1, 0.15) is 33.1 Å². The first-order valence-corrected chi connectivity index (χ1v) is 6.46. The Morgan fingerprint density at radius 1 is 1.19 bits per heavy atom. The Labute approximate surface area is 98.8 Å². The van der Waals surface area contributed by atoms with Gasteiger partial charge in [-0.05, 0) is 37.8 Å². The lowest BCUT2D eigenvalue weighted by Gasteiger charge is -2.43. The predicted molar refractivity (Wildman–Crippen MR) is 64.4 cm³/mol. The van der Waals surface area contributed by atoms with E-state index in [0.29, 0.717) is 5.41 Å². The molecule has 2 saturated heterocycles. The van der Waals surface area contributed by atoms with Gasteiger partial charge in [0.1, 0.15) is 0 Å². The Kier molecular flexibility index (Phi) is 3.57. The fourth-order valence-corrected chi connectivity index (χ4v) is 2.73. The Morgan fingerprint density at radius 2 is 1.94 bits per heavy atom. The molecule has 0 spiro atoms. The van der Waals surface area contributed by atoms with E-state index in [-0.39, 0.29) is 12.0 Å². The van der Waals surface area contributed by atoms with E-state index in [1.165, 1.54) is 32.4 Å². The first-order chi connectivity index (χ1) is 7.55. The number of nitrogens with zero attached hydrogens (tertiary/aromatic N) is 1. The molecule has 0 bridgehead atoms. The van der Waals surface area contributed by atoms with Crippen LogP contribution in [0.25, 0.3) is 0 Å².